The Bertz CT molecular complexity index is 2020. The Labute approximate surface area is 309 Å². The maximum absolute atomic E-state index is 14.1. The van der Waals surface area contributed by atoms with E-state index >= 15 is 0 Å². The number of rotatable bonds is 12. The van der Waals surface area contributed by atoms with E-state index < -0.39 is 5.41 Å². The molecule has 0 radical (unpaired) electrons. The minimum absolute atomic E-state index is 0.0771. The molecule has 4 unspecified atom stereocenters. The third-order valence-corrected chi connectivity index (χ3v) is 11.7. The molecule has 2 aromatic heterocycles. The summed E-state index contributed by atoms with van der Waals surface area (Å²) >= 11 is 0. The second-order valence-electron chi connectivity index (χ2n) is 15.2. The summed E-state index contributed by atoms with van der Waals surface area (Å²) in [5.74, 6) is 1.67. The molecule has 276 valence electrons. The van der Waals surface area contributed by atoms with Gasteiger partial charge in [-0.05, 0) is 87.8 Å². The lowest BCUT2D eigenvalue weighted by Crippen LogP contribution is -2.38. The number of benzene rings is 2. The number of hydrogen-bond acceptors (Lipinski definition) is 9. The first kappa shape index (κ1) is 35.1. The number of allylic oxidation sites excluding steroid dienone is 2. The van der Waals surface area contributed by atoms with Gasteiger partial charge in [0.15, 0.2) is 11.5 Å². The summed E-state index contributed by atoms with van der Waals surface area (Å²) in [5, 5.41) is 17.1. The van der Waals surface area contributed by atoms with Crippen molar-refractivity contribution in [2.45, 2.75) is 58.0 Å². The molecule has 1 saturated heterocycles. The number of likely N-dealkylation sites (tertiary alicyclic amines) is 1. The number of aromatic nitrogens is 2. The zero-order valence-electron chi connectivity index (χ0n) is 30.3. The molecular formula is C42H47N5O6. The van der Waals surface area contributed by atoms with E-state index in [9.17, 15) is 14.7 Å². The molecule has 3 heterocycles. The molecule has 4 aromatic rings. The summed E-state index contributed by atoms with van der Waals surface area (Å²) in [6.45, 7) is 5.19. The lowest BCUT2D eigenvalue weighted by atomic mass is 9.97. The van der Waals surface area contributed by atoms with Crippen molar-refractivity contribution in [1.82, 2.24) is 14.9 Å². The van der Waals surface area contributed by atoms with Gasteiger partial charge in [0.2, 0.25) is 11.8 Å². The van der Waals surface area contributed by atoms with Gasteiger partial charge in [0, 0.05) is 54.3 Å². The van der Waals surface area contributed by atoms with Crippen LogP contribution in [0.15, 0.2) is 84.7 Å². The Morgan fingerprint density at radius 2 is 1.81 bits per heavy atom. The minimum atomic E-state index is -1.22. The Balaban J connectivity index is 0.936. The molecule has 4 atom stereocenters. The van der Waals surface area contributed by atoms with Crippen LogP contribution in [0.25, 0.3) is 10.9 Å². The quantitative estimate of drug-likeness (QED) is 0.0806. The molecule has 4 aliphatic rings. The number of nitrogens with one attached hydrogen (secondary N) is 2. The normalized spacial score (nSPS) is 24.4. The highest BCUT2D eigenvalue weighted by Gasteiger charge is 2.72. The lowest BCUT2D eigenvalue weighted by molar-refractivity contribution is -0.132. The molecule has 2 amide bonds. The van der Waals surface area contributed by atoms with Gasteiger partial charge in [0.1, 0.15) is 22.7 Å². The fourth-order valence-corrected chi connectivity index (χ4v) is 8.50. The zero-order valence-corrected chi connectivity index (χ0v) is 30.3. The van der Waals surface area contributed by atoms with Crippen molar-refractivity contribution in [2.24, 2.45) is 22.7 Å². The van der Waals surface area contributed by atoms with Gasteiger partial charge in [0.05, 0.1) is 31.5 Å². The van der Waals surface area contributed by atoms with Gasteiger partial charge >= 0.3 is 0 Å². The number of aliphatic hydroxyl groups excluding tert-OH is 1. The van der Waals surface area contributed by atoms with Crippen LogP contribution >= 0.6 is 0 Å². The van der Waals surface area contributed by atoms with Crippen molar-refractivity contribution in [3.05, 3.63) is 84.7 Å². The summed E-state index contributed by atoms with van der Waals surface area (Å²) in [7, 11) is 1.61. The average molecular weight is 718 g/mol. The van der Waals surface area contributed by atoms with Gasteiger partial charge in [-0.2, -0.15) is 0 Å². The van der Waals surface area contributed by atoms with E-state index in [-0.39, 0.29) is 35.2 Å². The van der Waals surface area contributed by atoms with Crippen LogP contribution in [-0.2, 0) is 9.59 Å². The molecule has 3 fully saturated rings. The summed E-state index contributed by atoms with van der Waals surface area (Å²) in [6, 6.07) is 18.2. The monoisotopic (exact) mass is 717 g/mol. The number of amides is 2. The molecule has 0 bridgehead atoms. The first-order valence-corrected chi connectivity index (χ1v) is 18.8. The number of methoxy groups -OCH3 is 1. The number of para-hydroxylation sites is 1. The van der Waals surface area contributed by atoms with Crippen LogP contribution in [0.4, 0.5) is 11.5 Å². The van der Waals surface area contributed by atoms with E-state index in [1.54, 1.807) is 37.7 Å². The Hall–Kier alpha value is -5.00. The highest BCUT2D eigenvalue weighted by atomic mass is 16.5. The van der Waals surface area contributed by atoms with Gasteiger partial charge in [0.25, 0.3) is 0 Å². The van der Waals surface area contributed by atoms with Gasteiger partial charge in [-0.25, -0.2) is 4.98 Å². The molecule has 1 aliphatic heterocycles. The fourth-order valence-electron chi connectivity index (χ4n) is 8.50. The third kappa shape index (κ3) is 6.95. The van der Waals surface area contributed by atoms with Crippen LogP contribution in [0.5, 0.6) is 23.0 Å². The number of hydrogen-bond donors (Lipinski definition) is 3. The highest BCUT2D eigenvalue weighted by Crippen LogP contribution is 2.64. The largest absolute Gasteiger partial charge is 0.493 e. The van der Waals surface area contributed by atoms with Crippen molar-refractivity contribution in [2.75, 3.05) is 44.0 Å². The number of ether oxygens (including phenoxy) is 3. The maximum atomic E-state index is 14.1. The molecular weight excluding hydrogens is 670 g/mol. The predicted octanol–water partition coefficient (Wildman–Crippen LogP) is 6.99. The molecule has 1 spiro atoms. The van der Waals surface area contributed by atoms with Crippen LogP contribution in [0.3, 0.4) is 0 Å². The minimum Gasteiger partial charge on any atom is -0.493 e. The summed E-state index contributed by atoms with van der Waals surface area (Å²) < 4.78 is 18.1. The Morgan fingerprint density at radius 1 is 0.981 bits per heavy atom. The first-order valence-electron chi connectivity index (χ1n) is 18.8. The zero-order chi connectivity index (χ0) is 36.6. The van der Waals surface area contributed by atoms with Crippen molar-refractivity contribution in [3.8, 4) is 23.0 Å². The molecule has 3 N–H and O–H groups in total. The van der Waals surface area contributed by atoms with Crippen LogP contribution in [0.2, 0.25) is 0 Å². The van der Waals surface area contributed by atoms with Crippen molar-refractivity contribution in [1.29, 1.82) is 0 Å². The highest BCUT2D eigenvalue weighted by molar-refractivity contribution is 6.18. The van der Waals surface area contributed by atoms with E-state index in [1.165, 1.54) is 5.57 Å². The molecule has 2 aromatic carbocycles. The second-order valence-corrected chi connectivity index (χ2v) is 15.2. The predicted molar refractivity (Wildman–Crippen MR) is 202 cm³/mol. The van der Waals surface area contributed by atoms with E-state index in [0.717, 1.165) is 70.0 Å². The number of β-amino-alcohol motifs (C(OH)–C–C–N with tert-alkyl or cyclic N) is 1. The fraction of sp³-hybridized carbons (Fsp3) is 0.429. The third-order valence-electron chi connectivity index (χ3n) is 11.7. The van der Waals surface area contributed by atoms with E-state index in [4.69, 9.17) is 14.2 Å². The maximum Gasteiger partial charge on any atom is 0.242 e. The van der Waals surface area contributed by atoms with Gasteiger partial charge in [-0.3, -0.25) is 19.5 Å². The molecule has 11 heteroatoms. The molecule has 53 heavy (non-hydrogen) atoms. The topological polar surface area (TPSA) is 135 Å². The van der Waals surface area contributed by atoms with Crippen molar-refractivity contribution >= 4 is 34.2 Å². The van der Waals surface area contributed by atoms with Crippen LogP contribution in [-0.4, -0.2) is 71.2 Å². The van der Waals surface area contributed by atoms with Gasteiger partial charge in [-0.1, -0.05) is 36.3 Å². The number of carbonyl (C=O) groups is 2. The van der Waals surface area contributed by atoms with Crippen LogP contribution in [0, 0.1) is 22.7 Å². The number of pyridine rings is 2. The van der Waals surface area contributed by atoms with E-state index in [2.05, 4.69) is 38.5 Å². The van der Waals surface area contributed by atoms with Gasteiger partial charge < -0.3 is 30.0 Å². The number of nitrogens with zero attached hydrogens (tertiary/aromatic N) is 3. The van der Waals surface area contributed by atoms with E-state index in [0.29, 0.717) is 46.6 Å². The second kappa shape index (κ2) is 14.4. The van der Waals surface area contributed by atoms with Gasteiger partial charge in [-0.15, -0.1) is 0 Å². The van der Waals surface area contributed by atoms with Crippen molar-refractivity contribution < 1.29 is 28.9 Å². The average Bonchev–Trinajstić information content (AvgIpc) is 4.04. The molecule has 8 rings (SSSR count). The molecule has 2 saturated carbocycles. The number of carbonyl (C=O) groups excluding carboxylic acids is 2. The Kier molecular flexibility index (Phi) is 9.55. The SMILES string of the molecule is COc1cc2c(Oc3ccc(NC(=O)C4(C(=O)Nc5ccccc5)C5C=C(C)CCCCC54)nc3)ccnc2cc1OCCCN1CC(O)C2(CC2)C1. The Morgan fingerprint density at radius 3 is 2.57 bits per heavy atom. The summed E-state index contributed by atoms with van der Waals surface area (Å²) in [4.78, 5) is 39.4. The van der Waals surface area contributed by atoms with Crippen molar-refractivity contribution in [3.63, 3.8) is 0 Å². The number of anilines is 2. The van der Waals surface area contributed by atoms with E-state index in [1.807, 2.05) is 42.5 Å². The first-order chi connectivity index (χ1) is 25.8. The summed E-state index contributed by atoms with van der Waals surface area (Å²) in [6.07, 6.45) is 12.1. The molecule has 11 nitrogen and oxygen atoms in total. The summed E-state index contributed by atoms with van der Waals surface area (Å²) in [5.41, 5.74) is 1.50. The number of fused-ring (bicyclic) bond motifs is 2. The number of aliphatic hydroxyl groups is 1. The smallest absolute Gasteiger partial charge is 0.242 e. The van der Waals surface area contributed by atoms with Crippen LogP contribution < -0.4 is 24.8 Å². The standard InChI is InChI=1S/C42H47N5O6/c1-27-9-6-7-12-31-32(21-27)42(31,39(49)45-28-10-4-3-5-11-28)40(50)46-38-14-13-29(24-44-38)53-34-15-18-43-33-23-36(35(51-2)22-30(33)34)52-20-8-19-47-25-37(48)41(26-47)16-17-41/h3-5,10-11,13-15,18,21-24,31-32,37,48H,6-9,12,16-17,19-20,25-26H2,1-2H3,(H,45,49)(H,44,46,50). The lowest BCUT2D eigenvalue weighted by Gasteiger charge is -2.18. The molecule has 3 aliphatic carbocycles. The van der Waals surface area contributed by atoms with Crippen LogP contribution in [0.1, 0.15) is 51.9 Å².